The molecule has 134 valence electrons. The molecule has 7 nitrogen and oxygen atoms in total. The zero-order chi connectivity index (χ0) is 18.5. The SMILES string of the molecule is CCOc1cc(=O)c(C(=O)NCc2ccco2)nn1-c1ccc(F)cc1. The van der Waals surface area contributed by atoms with Gasteiger partial charge in [0.1, 0.15) is 11.6 Å². The maximum Gasteiger partial charge on any atom is 0.276 e. The minimum absolute atomic E-state index is 0.122. The Labute approximate surface area is 148 Å². The van der Waals surface area contributed by atoms with E-state index < -0.39 is 17.2 Å². The summed E-state index contributed by atoms with van der Waals surface area (Å²) in [7, 11) is 0. The quantitative estimate of drug-likeness (QED) is 0.731. The number of hydrogen-bond donors (Lipinski definition) is 1. The molecule has 1 N–H and O–H groups in total. The molecule has 1 amide bonds. The van der Waals surface area contributed by atoms with Crippen LogP contribution in [0, 0.1) is 5.82 Å². The number of halogens is 1. The minimum Gasteiger partial charge on any atom is -0.478 e. The molecular weight excluding hydrogens is 341 g/mol. The highest BCUT2D eigenvalue weighted by Crippen LogP contribution is 2.16. The Balaban J connectivity index is 1.95. The van der Waals surface area contributed by atoms with E-state index in [-0.39, 0.29) is 18.1 Å². The number of benzene rings is 1. The van der Waals surface area contributed by atoms with Gasteiger partial charge in [-0.15, -0.1) is 0 Å². The Kier molecular flexibility index (Phi) is 5.12. The van der Waals surface area contributed by atoms with Crippen LogP contribution in [0.15, 0.2) is 57.9 Å². The molecule has 0 saturated carbocycles. The maximum atomic E-state index is 13.2. The van der Waals surface area contributed by atoms with Crippen LogP contribution in [0.5, 0.6) is 5.88 Å². The first-order chi connectivity index (χ1) is 12.6. The lowest BCUT2D eigenvalue weighted by Gasteiger charge is -2.13. The van der Waals surface area contributed by atoms with Gasteiger partial charge in [0.2, 0.25) is 11.3 Å². The van der Waals surface area contributed by atoms with Crippen molar-refractivity contribution in [3.63, 3.8) is 0 Å². The molecular formula is C18H16FN3O4. The van der Waals surface area contributed by atoms with Gasteiger partial charge in [0.25, 0.3) is 5.91 Å². The molecule has 2 heterocycles. The van der Waals surface area contributed by atoms with Gasteiger partial charge in [-0.25, -0.2) is 9.07 Å². The molecule has 0 saturated heterocycles. The van der Waals surface area contributed by atoms with E-state index in [1.165, 1.54) is 41.3 Å². The van der Waals surface area contributed by atoms with Crippen LogP contribution < -0.4 is 15.5 Å². The molecule has 3 rings (SSSR count). The van der Waals surface area contributed by atoms with Gasteiger partial charge < -0.3 is 14.5 Å². The van der Waals surface area contributed by atoms with Gasteiger partial charge in [0, 0.05) is 0 Å². The van der Waals surface area contributed by atoms with E-state index >= 15 is 0 Å². The summed E-state index contributed by atoms with van der Waals surface area (Å²) in [6, 6.07) is 10.0. The van der Waals surface area contributed by atoms with E-state index in [0.29, 0.717) is 18.1 Å². The van der Waals surface area contributed by atoms with Crippen LogP contribution in [0.2, 0.25) is 0 Å². The average molecular weight is 357 g/mol. The van der Waals surface area contributed by atoms with E-state index in [2.05, 4.69) is 10.4 Å². The molecule has 0 radical (unpaired) electrons. The Morgan fingerprint density at radius 1 is 1.31 bits per heavy atom. The summed E-state index contributed by atoms with van der Waals surface area (Å²) in [5, 5.41) is 6.68. The van der Waals surface area contributed by atoms with Crippen LogP contribution in [0.25, 0.3) is 5.69 Å². The number of ether oxygens (including phenoxy) is 1. The van der Waals surface area contributed by atoms with Crippen LogP contribution >= 0.6 is 0 Å². The second kappa shape index (κ2) is 7.64. The van der Waals surface area contributed by atoms with Gasteiger partial charge in [-0.1, -0.05) is 0 Å². The first-order valence-corrected chi connectivity index (χ1v) is 7.92. The summed E-state index contributed by atoms with van der Waals surface area (Å²) < 4.78 is 25.0. The normalized spacial score (nSPS) is 10.5. The van der Waals surface area contributed by atoms with Crippen LogP contribution in [0.3, 0.4) is 0 Å². The molecule has 3 aromatic rings. The molecule has 8 heteroatoms. The van der Waals surface area contributed by atoms with E-state index in [1.807, 2.05) is 0 Å². The zero-order valence-corrected chi connectivity index (χ0v) is 13.9. The van der Waals surface area contributed by atoms with Crippen LogP contribution in [-0.4, -0.2) is 22.3 Å². The molecule has 0 bridgehead atoms. The zero-order valence-electron chi connectivity index (χ0n) is 13.9. The number of carbonyl (C=O) groups is 1. The topological polar surface area (TPSA) is 86.4 Å². The number of furan rings is 1. The standard InChI is InChI=1S/C18H16FN3O4/c1-2-25-16-10-15(23)17(18(24)20-11-14-4-3-9-26-14)21-22(16)13-7-5-12(19)6-8-13/h3-10H,2,11H2,1H3,(H,20,24). The molecule has 0 atom stereocenters. The lowest BCUT2D eigenvalue weighted by molar-refractivity contribution is 0.0939. The molecule has 26 heavy (non-hydrogen) atoms. The molecule has 0 aliphatic heterocycles. The Hall–Kier alpha value is -3.42. The third-order valence-electron chi connectivity index (χ3n) is 3.48. The van der Waals surface area contributed by atoms with E-state index in [0.717, 1.165) is 0 Å². The maximum absolute atomic E-state index is 13.2. The fourth-order valence-electron chi connectivity index (χ4n) is 2.28. The summed E-state index contributed by atoms with van der Waals surface area (Å²) in [6.45, 7) is 2.17. The molecule has 1 aromatic carbocycles. The highest BCUT2D eigenvalue weighted by Gasteiger charge is 2.17. The number of nitrogens with one attached hydrogen (secondary N) is 1. The number of nitrogens with zero attached hydrogens (tertiary/aromatic N) is 2. The monoisotopic (exact) mass is 357 g/mol. The fourth-order valence-corrected chi connectivity index (χ4v) is 2.28. The van der Waals surface area contributed by atoms with Gasteiger partial charge in [-0.2, -0.15) is 5.10 Å². The highest BCUT2D eigenvalue weighted by molar-refractivity contribution is 5.92. The van der Waals surface area contributed by atoms with E-state index in [4.69, 9.17) is 9.15 Å². The van der Waals surface area contributed by atoms with Crippen molar-refractivity contribution in [2.75, 3.05) is 6.61 Å². The highest BCUT2D eigenvalue weighted by atomic mass is 19.1. The van der Waals surface area contributed by atoms with Crippen molar-refractivity contribution in [3.05, 3.63) is 76.2 Å². The van der Waals surface area contributed by atoms with Crippen molar-refractivity contribution < 1.29 is 18.3 Å². The van der Waals surface area contributed by atoms with Gasteiger partial charge in [0.05, 0.1) is 31.2 Å². The molecule has 0 unspecified atom stereocenters. The predicted octanol–water partition coefficient (Wildman–Crippen LogP) is 2.29. The third-order valence-corrected chi connectivity index (χ3v) is 3.48. The lowest BCUT2D eigenvalue weighted by atomic mass is 10.3. The lowest BCUT2D eigenvalue weighted by Crippen LogP contribution is -2.31. The predicted molar refractivity (Wildman–Crippen MR) is 90.8 cm³/mol. The Bertz CT molecular complexity index is 950. The second-order valence-electron chi connectivity index (χ2n) is 5.28. The van der Waals surface area contributed by atoms with E-state index in [9.17, 15) is 14.0 Å². The molecule has 0 aliphatic carbocycles. The van der Waals surface area contributed by atoms with Crippen molar-refractivity contribution in [1.82, 2.24) is 15.1 Å². The third kappa shape index (κ3) is 3.80. The van der Waals surface area contributed by atoms with Crippen molar-refractivity contribution in [3.8, 4) is 11.6 Å². The summed E-state index contributed by atoms with van der Waals surface area (Å²) in [6.07, 6.45) is 1.48. The summed E-state index contributed by atoms with van der Waals surface area (Å²) >= 11 is 0. The smallest absolute Gasteiger partial charge is 0.276 e. The number of rotatable bonds is 6. The fraction of sp³-hybridized carbons (Fsp3) is 0.167. The molecule has 0 spiro atoms. The summed E-state index contributed by atoms with van der Waals surface area (Å²) in [4.78, 5) is 24.6. The van der Waals surface area contributed by atoms with Crippen molar-refractivity contribution in [2.45, 2.75) is 13.5 Å². The Morgan fingerprint density at radius 3 is 2.73 bits per heavy atom. The number of carbonyl (C=O) groups excluding carboxylic acids is 1. The van der Waals surface area contributed by atoms with Crippen molar-refractivity contribution in [2.24, 2.45) is 0 Å². The van der Waals surface area contributed by atoms with Crippen LogP contribution in [0.4, 0.5) is 4.39 Å². The molecule has 0 aliphatic rings. The minimum atomic E-state index is -0.648. The number of hydrogen-bond acceptors (Lipinski definition) is 5. The van der Waals surface area contributed by atoms with Crippen LogP contribution in [0.1, 0.15) is 23.2 Å². The van der Waals surface area contributed by atoms with E-state index in [1.54, 1.807) is 19.1 Å². The summed E-state index contributed by atoms with van der Waals surface area (Å²) in [5.74, 6) is -0.357. The average Bonchev–Trinajstić information content (AvgIpc) is 3.15. The first-order valence-electron chi connectivity index (χ1n) is 7.92. The Morgan fingerprint density at radius 2 is 2.08 bits per heavy atom. The van der Waals surface area contributed by atoms with Crippen molar-refractivity contribution in [1.29, 1.82) is 0 Å². The molecule has 0 fully saturated rings. The number of amides is 1. The van der Waals surface area contributed by atoms with Gasteiger partial charge in [-0.05, 0) is 43.3 Å². The first kappa shape index (κ1) is 17.4. The van der Waals surface area contributed by atoms with Crippen LogP contribution in [-0.2, 0) is 6.54 Å². The van der Waals surface area contributed by atoms with Gasteiger partial charge in [0.15, 0.2) is 5.69 Å². The van der Waals surface area contributed by atoms with Gasteiger partial charge >= 0.3 is 0 Å². The summed E-state index contributed by atoms with van der Waals surface area (Å²) in [5.41, 5.74) is -0.428. The largest absolute Gasteiger partial charge is 0.478 e. The second-order valence-corrected chi connectivity index (χ2v) is 5.28. The number of aromatic nitrogens is 2. The molecule has 2 aromatic heterocycles. The van der Waals surface area contributed by atoms with Gasteiger partial charge in [-0.3, -0.25) is 9.59 Å². The van der Waals surface area contributed by atoms with Crippen molar-refractivity contribution >= 4 is 5.91 Å².